The zero-order valence-electron chi connectivity index (χ0n) is 17.6. The third-order valence-electron chi connectivity index (χ3n) is 5.83. The molecule has 5 heteroatoms. The van der Waals surface area contributed by atoms with Gasteiger partial charge < -0.3 is 15.5 Å². The van der Waals surface area contributed by atoms with Crippen LogP contribution in [0.3, 0.4) is 0 Å². The lowest BCUT2D eigenvalue weighted by atomic mass is 10.1. The molecule has 3 N–H and O–H groups in total. The molecule has 3 rings (SSSR count). The third-order valence-corrected chi connectivity index (χ3v) is 5.83. The number of benzene rings is 2. The number of anilines is 1. The van der Waals surface area contributed by atoms with Crippen molar-refractivity contribution in [3.63, 3.8) is 0 Å². The maximum absolute atomic E-state index is 8.91. The van der Waals surface area contributed by atoms with E-state index in [0.29, 0.717) is 12.5 Å². The van der Waals surface area contributed by atoms with Gasteiger partial charge in [0.1, 0.15) is 5.84 Å². The van der Waals surface area contributed by atoms with Gasteiger partial charge in [0.05, 0.1) is 12.7 Å². The van der Waals surface area contributed by atoms with E-state index in [2.05, 4.69) is 76.2 Å². The number of rotatable bonds is 9. The van der Waals surface area contributed by atoms with Gasteiger partial charge in [-0.05, 0) is 30.5 Å². The number of nitrogens with two attached hydrogens (primary N) is 1. The molecule has 0 bridgehead atoms. The molecule has 0 radical (unpaired) electrons. The van der Waals surface area contributed by atoms with Crippen LogP contribution in [0.5, 0.6) is 0 Å². The maximum Gasteiger partial charge on any atom is 0.115 e. The average molecular weight is 394 g/mol. The summed E-state index contributed by atoms with van der Waals surface area (Å²) in [5.41, 5.74) is 8.64. The molecule has 2 aromatic carbocycles. The van der Waals surface area contributed by atoms with Crippen LogP contribution >= 0.6 is 0 Å². The van der Waals surface area contributed by atoms with Gasteiger partial charge in [0.15, 0.2) is 0 Å². The van der Waals surface area contributed by atoms with Crippen molar-refractivity contribution in [3.8, 4) is 0 Å². The molecule has 29 heavy (non-hydrogen) atoms. The second kappa shape index (κ2) is 11.0. The van der Waals surface area contributed by atoms with Crippen LogP contribution in [-0.2, 0) is 6.42 Å². The van der Waals surface area contributed by atoms with Crippen LogP contribution in [0.15, 0.2) is 60.7 Å². The van der Waals surface area contributed by atoms with Gasteiger partial charge in [0.2, 0.25) is 0 Å². The Morgan fingerprint density at radius 1 is 1.00 bits per heavy atom. The van der Waals surface area contributed by atoms with Crippen molar-refractivity contribution in [1.82, 2.24) is 9.80 Å². The number of hydrogen-bond acceptors (Lipinski definition) is 4. The summed E-state index contributed by atoms with van der Waals surface area (Å²) in [5, 5.41) is 8.91. The molecule has 0 spiro atoms. The first-order chi connectivity index (χ1) is 14.2. The zero-order chi connectivity index (χ0) is 20.5. The average Bonchev–Trinajstić information content (AvgIpc) is 2.79. The molecule has 2 aromatic rings. The third kappa shape index (κ3) is 5.81. The Balaban J connectivity index is 1.59. The van der Waals surface area contributed by atoms with Crippen molar-refractivity contribution in [2.24, 2.45) is 5.73 Å². The van der Waals surface area contributed by atoms with E-state index in [4.69, 9.17) is 11.1 Å². The van der Waals surface area contributed by atoms with Crippen LogP contribution in [0.4, 0.5) is 5.69 Å². The predicted molar refractivity (Wildman–Crippen MR) is 123 cm³/mol. The van der Waals surface area contributed by atoms with Gasteiger partial charge in [0, 0.05) is 38.4 Å². The molecular weight excluding hydrogens is 358 g/mol. The Morgan fingerprint density at radius 2 is 1.62 bits per heavy atom. The number of piperazine rings is 1. The Hall–Kier alpha value is -2.37. The van der Waals surface area contributed by atoms with Crippen LogP contribution in [0.1, 0.15) is 25.3 Å². The molecule has 1 fully saturated rings. The highest BCUT2D eigenvalue weighted by molar-refractivity contribution is 5.84. The molecule has 0 aromatic heterocycles. The number of amidine groups is 1. The first-order valence-corrected chi connectivity index (χ1v) is 10.8. The largest absolute Gasteiger partial charge is 0.369 e. The lowest BCUT2D eigenvalue weighted by Gasteiger charge is -2.42. The van der Waals surface area contributed by atoms with E-state index in [-0.39, 0.29) is 6.04 Å². The highest BCUT2D eigenvalue weighted by Gasteiger charge is 2.28. The molecule has 1 unspecified atom stereocenters. The van der Waals surface area contributed by atoms with Crippen LogP contribution in [0.25, 0.3) is 0 Å². The summed E-state index contributed by atoms with van der Waals surface area (Å²) in [6.45, 7) is 7.38. The fraction of sp³-hybridized carbons (Fsp3) is 0.458. The lowest BCUT2D eigenvalue weighted by Crippen LogP contribution is -2.56. The summed E-state index contributed by atoms with van der Waals surface area (Å²) in [4.78, 5) is 6.98. The number of nitrogens with one attached hydrogen (secondary N) is 1. The summed E-state index contributed by atoms with van der Waals surface area (Å²) >= 11 is 0. The standard InChI is InChI=1S/C24H35N5/c1-2-9-23(24(26)29(20-25)15-14-21-10-5-3-6-11-21)28-18-16-27(17-19-28)22-12-7-4-8-13-22/h3-8,10-13,23,26H,2,9,14-20,25H2,1H3. The highest BCUT2D eigenvalue weighted by Crippen LogP contribution is 2.19. The van der Waals surface area contributed by atoms with Crippen LogP contribution < -0.4 is 10.6 Å². The second-order valence-electron chi connectivity index (χ2n) is 7.73. The van der Waals surface area contributed by atoms with Crippen molar-refractivity contribution in [1.29, 1.82) is 5.41 Å². The van der Waals surface area contributed by atoms with E-state index >= 15 is 0 Å². The quantitative estimate of drug-likeness (QED) is 0.389. The molecule has 1 atom stereocenters. The number of para-hydroxylation sites is 1. The van der Waals surface area contributed by atoms with Crippen molar-refractivity contribution in [2.75, 3.05) is 44.3 Å². The van der Waals surface area contributed by atoms with Crippen molar-refractivity contribution >= 4 is 11.5 Å². The monoisotopic (exact) mass is 393 g/mol. The SMILES string of the molecule is CCCC(C(=N)N(CN)CCc1ccccc1)N1CCN(c2ccccc2)CC1. The van der Waals surface area contributed by atoms with E-state index < -0.39 is 0 Å². The van der Waals surface area contributed by atoms with E-state index in [1.807, 2.05) is 6.07 Å². The minimum absolute atomic E-state index is 0.150. The molecule has 0 amide bonds. The van der Waals surface area contributed by atoms with Crippen LogP contribution in [0, 0.1) is 5.41 Å². The normalized spacial score (nSPS) is 15.9. The Kier molecular flexibility index (Phi) is 8.08. The molecule has 156 valence electrons. The summed E-state index contributed by atoms with van der Waals surface area (Å²) in [6.07, 6.45) is 3.00. The molecule has 1 aliphatic heterocycles. The summed E-state index contributed by atoms with van der Waals surface area (Å²) in [5.74, 6) is 0.679. The maximum atomic E-state index is 8.91. The molecule has 5 nitrogen and oxygen atoms in total. The van der Waals surface area contributed by atoms with Gasteiger partial charge in [0.25, 0.3) is 0 Å². The second-order valence-corrected chi connectivity index (χ2v) is 7.73. The van der Waals surface area contributed by atoms with Crippen molar-refractivity contribution in [3.05, 3.63) is 66.2 Å². The predicted octanol–water partition coefficient (Wildman–Crippen LogP) is 3.42. The van der Waals surface area contributed by atoms with E-state index in [1.165, 1.54) is 11.3 Å². The van der Waals surface area contributed by atoms with E-state index in [0.717, 1.165) is 52.0 Å². The molecule has 0 aliphatic carbocycles. The van der Waals surface area contributed by atoms with Gasteiger partial charge in [-0.3, -0.25) is 10.3 Å². The van der Waals surface area contributed by atoms with E-state index in [9.17, 15) is 0 Å². The molecule has 1 saturated heterocycles. The van der Waals surface area contributed by atoms with E-state index in [1.54, 1.807) is 0 Å². The molecule has 0 saturated carbocycles. The fourth-order valence-corrected chi connectivity index (χ4v) is 4.13. The molecular formula is C24H35N5. The summed E-state index contributed by atoms with van der Waals surface area (Å²) in [6, 6.07) is 21.2. The van der Waals surface area contributed by atoms with Gasteiger partial charge in [-0.25, -0.2) is 0 Å². The highest BCUT2D eigenvalue weighted by atomic mass is 15.3. The Morgan fingerprint density at radius 3 is 2.21 bits per heavy atom. The topological polar surface area (TPSA) is 59.6 Å². The van der Waals surface area contributed by atoms with Gasteiger partial charge in [-0.1, -0.05) is 61.9 Å². The summed E-state index contributed by atoms with van der Waals surface area (Å²) in [7, 11) is 0. The zero-order valence-corrected chi connectivity index (χ0v) is 17.6. The van der Waals surface area contributed by atoms with Gasteiger partial charge >= 0.3 is 0 Å². The first-order valence-electron chi connectivity index (χ1n) is 10.8. The minimum atomic E-state index is 0.150. The lowest BCUT2D eigenvalue weighted by molar-refractivity contribution is 0.204. The smallest absolute Gasteiger partial charge is 0.115 e. The first kappa shape index (κ1) is 21.3. The van der Waals surface area contributed by atoms with Gasteiger partial charge in [-0.15, -0.1) is 0 Å². The minimum Gasteiger partial charge on any atom is -0.369 e. The van der Waals surface area contributed by atoms with Crippen molar-refractivity contribution in [2.45, 2.75) is 32.2 Å². The Labute approximate surface area is 175 Å². The summed E-state index contributed by atoms with van der Waals surface area (Å²) < 4.78 is 0. The van der Waals surface area contributed by atoms with Gasteiger partial charge in [-0.2, -0.15) is 0 Å². The molecule has 1 heterocycles. The fourth-order valence-electron chi connectivity index (χ4n) is 4.13. The molecule has 1 aliphatic rings. The van der Waals surface area contributed by atoms with Crippen molar-refractivity contribution < 1.29 is 0 Å². The number of nitrogens with zero attached hydrogens (tertiary/aromatic N) is 3. The number of hydrogen-bond donors (Lipinski definition) is 2. The van der Waals surface area contributed by atoms with Crippen LogP contribution in [0.2, 0.25) is 0 Å². The van der Waals surface area contributed by atoms with Crippen LogP contribution in [-0.4, -0.2) is 61.1 Å². The Bertz CT molecular complexity index is 725.